The second-order valence-electron chi connectivity index (χ2n) is 3.16. The average Bonchev–Trinajstić information content (AvgIpc) is 1.59. The van der Waals surface area contributed by atoms with Crippen molar-refractivity contribution in [1.29, 1.82) is 0 Å². The first-order valence-corrected chi connectivity index (χ1v) is 3.07. The first-order valence-electron chi connectivity index (χ1n) is 3.07. The van der Waals surface area contributed by atoms with Gasteiger partial charge in [0.15, 0.2) is 0 Å². The topological polar surface area (TPSA) is 26.0 Å². The lowest BCUT2D eigenvalue weighted by atomic mass is 10.4. The fraction of sp³-hybridized carbons (Fsp3) is 1.00. The van der Waals surface area contributed by atoms with Crippen molar-refractivity contribution in [3.63, 3.8) is 0 Å². The van der Waals surface area contributed by atoms with Crippen molar-refractivity contribution in [2.75, 3.05) is 34.2 Å². The van der Waals surface area contributed by atoms with Gasteiger partial charge < -0.3 is 27.2 Å². The molecule has 2 N–H and O–H groups in total. The quantitative estimate of drug-likeness (QED) is 0.481. The number of nitrogens with two attached hydrogens (primary N) is 1. The third-order valence-electron chi connectivity index (χ3n) is 1.03. The summed E-state index contributed by atoms with van der Waals surface area (Å²) in [6.45, 7) is 1.99. The van der Waals surface area contributed by atoms with E-state index >= 15 is 0 Å². The highest BCUT2D eigenvalue weighted by Gasteiger charge is 2.03. The van der Waals surface area contributed by atoms with E-state index in [4.69, 9.17) is 5.73 Å². The molecule has 0 bridgehead atoms. The predicted molar refractivity (Wildman–Crippen MR) is 36.6 cm³/mol. The van der Waals surface area contributed by atoms with Crippen molar-refractivity contribution in [3.05, 3.63) is 0 Å². The van der Waals surface area contributed by atoms with E-state index in [1.165, 1.54) is 6.54 Å². The van der Waals surface area contributed by atoms with E-state index in [2.05, 4.69) is 21.1 Å². The zero-order valence-electron chi connectivity index (χ0n) is 6.52. The van der Waals surface area contributed by atoms with Crippen LogP contribution in [0.25, 0.3) is 0 Å². The zero-order valence-corrected chi connectivity index (χ0v) is 8.11. The molecule has 0 unspecified atom stereocenters. The van der Waals surface area contributed by atoms with Crippen LogP contribution < -0.4 is 22.7 Å². The molecule has 0 aromatic carbocycles. The summed E-state index contributed by atoms with van der Waals surface area (Å²) in [6, 6.07) is 0. The molecule has 0 atom stereocenters. The molecule has 3 heteroatoms. The van der Waals surface area contributed by atoms with Gasteiger partial charge >= 0.3 is 0 Å². The Morgan fingerprint density at radius 2 is 1.67 bits per heavy atom. The highest BCUT2D eigenvalue weighted by molar-refractivity contribution is 4.33. The van der Waals surface area contributed by atoms with Crippen LogP contribution in [0.3, 0.4) is 0 Å². The van der Waals surface area contributed by atoms with E-state index in [1.54, 1.807) is 0 Å². The zero-order chi connectivity index (χ0) is 6.62. The molecule has 0 spiro atoms. The van der Waals surface area contributed by atoms with E-state index in [-0.39, 0.29) is 17.0 Å². The van der Waals surface area contributed by atoms with Crippen molar-refractivity contribution in [1.82, 2.24) is 0 Å². The number of hydrogen-bond donors (Lipinski definition) is 1. The van der Waals surface area contributed by atoms with E-state index in [0.29, 0.717) is 0 Å². The number of rotatable bonds is 3. The first kappa shape index (κ1) is 12.1. The Hall–Kier alpha value is 0.400. The first-order chi connectivity index (χ1) is 3.56. The Morgan fingerprint density at radius 3 is 1.78 bits per heavy atom. The summed E-state index contributed by atoms with van der Waals surface area (Å²) >= 11 is 0. The third-order valence-corrected chi connectivity index (χ3v) is 1.03. The summed E-state index contributed by atoms with van der Waals surface area (Å²) in [5.41, 5.74) is 5.33. The van der Waals surface area contributed by atoms with Crippen LogP contribution in [0.5, 0.6) is 0 Å². The van der Waals surface area contributed by atoms with Gasteiger partial charge in [-0.1, -0.05) is 0 Å². The number of hydrogen-bond acceptors (Lipinski definition) is 1. The fourth-order valence-corrected chi connectivity index (χ4v) is 0.566. The molecule has 0 radical (unpaired) electrons. The van der Waals surface area contributed by atoms with Crippen molar-refractivity contribution < 1.29 is 21.5 Å². The van der Waals surface area contributed by atoms with Crippen molar-refractivity contribution in [3.8, 4) is 0 Å². The van der Waals surface area contributed by atoms with Gasteiger partial charge in [0.1, 0.15) is 0 Å². The van der Waals surface area contributed by atoms with Crippen LogP contribution in [0.15, 0.2) is 0 Å². The normalized spacial score (nSPS) is 10.7. The fourth-order valence-electron chi connectivity index (χ4n) is 0.566. The average molecular weight is 197 g/mol. The van der Waals surface area contributed by atoms with Gasteiger partial charge in [0, 0.05) is 6.42 Å². The van der Waals surface area contributed by atoms with Gasteiger partial charge in [-0.05, 0) is 6.54 Å². The minimum atomic E-state index is 0. The Kier molecular flexibility index (Phi) is 7.01. The lowest BCUT2D eigenvalue weighted by Gasteiger charge is -2.23. The summed E-state index contributed by atoms with van der Waals surface area (Å²) in [6.07, 6.45) is 1.13. The maximum Gasteiger partial charge on any atom is 0.0792 e. The number of nitrogens with zero attached hydrogens (tertiary/aromatic N) is 1. The Morgan fingerprint density at radius 1 is 1.22 bits per heavy atom. The maximum atomic E-state index is 5.33. The standard InChI is InChI=1S/C6H17N2.BrH/c1-8(2,3)6-4-5-7;/h4-7H2,1-3H3;1H/q+1;/p-1. The molecule has 0 heterocycles. The minimum absolute atomic E-state index is 0. The van der Waals surface area contributed by atoms with Gasteiger partial charge in [-0.25, -0.2) is 0 Å². The summed E-state index contributed by atoms with van der Waals surface area (Å²) in [4.78, 5) is 0. The summed E-state index contributed by atoms with van der Waals surface area (Å²) in [5, 5.41) is 0. The molecule has 0 aliphatic rings. The van der Waals surface area contributed by atoms with Gasteiger partial charge in [-0.2, -0.15) is 0 Å². The number of halogens is 1. The smallest absolute Gasteiger partial charge is 0.0792 e. The van der Waals surface area contributed by atoms with Crippen LogP contribution >= 0.6 is 0 Å². The maximum absolute atomic E-state index is 5.33. The van der Waals surface area contributed by atoms with Gasteiger partial charge in [0.25, 0.3) is 0 Å². The van der Waals surface area contributed by atoms with Gasteiger partial charge in [-0.15, -0.1) is 0 Å². The SMILES string of the molecule is C[N+](C)(C)CCCN.[Br-]. The van der Waals surface area contributed by atoms with Crippen LogP contribution in [0.4, 0.5) is 0 Å². The molecule has 9 heavy (non-hydrogen) atoms. The Bertz CT molecular complexity index is 58.6. The van der Waals surface area contributed by atoms with E-state index < -0.39 is 0 Å². The molecule has 2 nitrogen and oxygen atoms in total. The van der Waals surface area contributed by atoms with E-state index in [9.17, 15) is 0 Å². The minimum Gasteiger partial charge on any atom is -1.00 e. The molecule has 0 saturated heterocycles. The van der Waals surface area contributed by atoms with Crippen LogP contribution in [-0.2, 0) is 0 Å². The molecule has 0 aliphatic carbocycles. The molecule has 0 aromatic heterocycles. The van der Waals surface area contributed by atoms with Crippen molar-refractivity contribution in [2.24, 2.45) is 5.73 Å². The second-order valence-corrected chi connectivity index (χ2v) is 3.16. The van der Waals surface area contributed by atoms with Gasteiger partial charge in [0.2, 0.25) is 0 Å². The number of quaternary nitrogens is 1. The summed E-state index contributed by atoms with van der Waals surface area (Å²) in [7, 11) is 6.53. The highest BCUT2D eigenvalue weighted by Crippen LogP contribution is 1.90. The van der Waals surface area contributed by atoms with Crippen molar-refractivity contribution in [2.45, 2.75) is 6.42 Å². The van der Waals surface area contributed by atoms with Gasteiger partial charge in [-0.3, -0.25) is 0 Å². The molecule has 0 saturated carbocycles. The van der Waals surface area contributed by atoms with Crippen LogP contribution in [0.2, 0.25) is 0 Å². The molecular weight excluding hydrogens is 180 g/mol. The molecule has 0 fully saturated rings. The van der Waals surface area contributed by atoms with Crippen LogP contribution in [0.1, 0.15) is 6.42 Å². The van der Waals surface area contributed by atoms with E-state index in [0.717, 1.165) is 17.4 Å². The molecule has 0 aromatic rings. The molecule has 0 amide bonds. The lowest BCUT2D eigenvalue weighted by Crippen LogP contribution is -3.00. The lowest BCUT2D eigenvalue weighted by molar-refractivity contribution is -0.870. The van der Waals surface area contributed by atoms with Gasteiger partial charge in [0.05, 0.1) is 27.7 Å². The summed E-state index contributed by atoms with van der Waals surface area (Å²) in [5.74, 6) is 0. The largest absolute Gasteiger partial charge is 1.00 e. The monoisotopic (exact) mass is 196 g/mol. The molecule has 0 aliphatic heterocycles. The predicted octanol–water partition coefficient (Wildman–Crippen LogP) is -2.95. The molecule has 58 valence electrons. The molecular formula is C6H17BrN2. The third kappa shape index (κ3) is 11.8. The van der Waals surface area contributed by atoms with E-state index in [1.807, 2.05) is 0 Å². The van der Waals surface area contributed by atoms with Crippen molar-refractivity contribution >= 4 is 0 Å². The highest BCUT2D eigenvalue weighted by atomic mass is 79.9. The Labute approximate surface area is 68.4 Å². The molecule has 0 rings (SSSR count). The second kappa shape index (κ2) is 5.21. The van der Waals surface area contributed by atoms with Crippen LogP contribution in [-0.4, -0.2) is 38.7 Å². The summed E-state index contributed by atoms with van der Waals surface area (Å²) < 4.78 is 1.02. The van der Waals surface area contributed by atoms with Crippen LogP contribution in [0, 0.1) is 0 Å². The Balaban J connectivity index is 0.